The quantitative estimate of drug-likeness (QED) is 0.395. The Balaban J connectivity index is 1.86. The molecule has 24 heavy (non-hydrogen) atoms. The van der Waals surface area contributed by atoms with Gasteiger partial charge < -0.3 is 18.7 Å². The molecule has 0 aliphatic heterocycles. The summed E-state index contributed by atoms with van der Waals surface area (Å²) in [7, 11) is 1.97. The SMILES string of the molecule is C[n+]1[c-]n(-c2cccc3c2[nH]c2c(-n4ccnc4)cccc23)cc1. The van der Waals surface area contributed by atoms with Crippen molar-refractivity contribution in [2.24, 2.45) is 7.05 Å². The van der Waals surface area contributed by atoms with E-state index in [1.807, 2.05) is 45.7 Å². The number of nitrogens with one attached hydrogen (secondary N) is 1. The van der Waals surface area contributed by atoms with Gasteiger partial charge >= 0.3 is 0 Å². The number of aromatic amines is 1. The lowest BCUT2D eigenvalue weighted by atomic mass is 10.1. The molecule has 116 valence electrons. The van der Waals surface area contributed by atoms with Gasteiger partial charge in [-0.2, -0.15) is 0 Å². The summed E-state index contributed by atoms with van der Waals surface area (Å²) < 4.78 is 5.95. The van der Waals surface area contributed by atoms with Crippen LogP contribution in [0.1, 0.15) is 0 Å². The Bertz CT molecular complexity index is 1160. The van der Waals surface area contributed by atoms with Crippen LogP contribution in [0.25, 0.3) is 33.2 Å². The molecular formula is C19H15N5. The third-order valence-electron chi connectivity index (χ3n) is 4.37. The molecule has 0 saturated heterocycles. The number of H-pyrrole nitrogens is 1. The maximum absolute atomic E-state index is 4.16. The van der Waals surface area contributed by atoms with E-state index in [-0.39, 0.29) is 0 Å². The van der Waals surface area contributed by atoms with Gasteiger partial charge in [0.05, 0.1) is 35.8 Å². The summed E-state index contributed by atoms with van der Waals surface area (Å²) in [6.45, 7) is 0. The van der Waals surface area contributed by atoms with Crippen LogP contribution in [0.2, 0.25) is 0 Å². The summed E-state index contributed by atoms with van der Waals surface area (Å²) in [4.78, 5) is 7.78. The van der Waals surface area contributed by atoms with Gasteiger partial charge in [0.25, 0.3) is 0 Å². The highest BCUT2D eigenvalue weighted by Crippen LogP contribution is 2.32. The summed E-state index contributed by atoms with van der Waals surface area (Å²) in [5.74, 6) is 0. The molecule has 0 fully saturated rings. The average molecular weight is 313 g/mol. The molecule has 0 saturated carbocycles. The van der Waals surface area contributed by atoms with Gasteiger partial charge in [0.2, 0.25) is 6.33 Å². The molecule has 1 N–H and O–H groups in total. The van der Waals surface area contributed by atoms with Crippen LogP contribution in [0.4, 0.5) is 0 Å². The molecule has 0 amide bonds. The normalized spacial score (nSPS) is 11.5. The summed E-state index contributed by atoms with van der Waals surface area (Å²) in [5.41, 5.74) is 4.39. The molecule has 3 aromatic heterocycles. The van der Waals surface area contributed by atoms with Crippen LogP contribution >= 0.6 is 0 Å². The molecule has 2 aromatic carbocycles. The zero-order valence-electron chi connectivity index (χ0n) is 13.1. The summed E-state index contributed by atoms with van der Waals surface area (Å²) in [6.07, 6.45) is 12.8. The van der Waals surface area contributed by atoms with E-state index in [0.717, 1.165) is 22.4 Å². The Morgan fingerprint density at radius 3 is 2.42 bits per heavy atom. The topological polar surface area (TPSA) is 42.4 Å². The number of nitrogens with zero attached hydrogens (tertiary/aromatic N) is 4. The first-order valence-corrected chi connectivity index (χ1v) is 7.80. The van der Waals surface area contributed by atoms with Crippen molar-refractivity contribution in [3.63, 3.8) is 0 Å². The van der Waals surface area contributed by atoms with Gasteiger partial charge in [-0.15, -0.1) is 0 Å². The van der Waals surface area contributed by atoms with Gasteiger partial charge in [0, 0.05) is 35.6 Å². The predicted molar refractivity (Wildman–Crippen MR) is 92.3 cm³/mol. The van der Waals surface area contributed by atoms with Crippen molar-refractivity contribution in [3.05, 3.63) is 73.8 Å². The first kappa shape index (κ1) is 13.1. The Kier molecular flexibility index (Phi) is 2.64. The predicted octanol–water partition coefficient (Wildman–Crippen LogP) is 2.92. The number of imidazole rings is 2. The molecule has 5 aromatic rings. The number of fused-ring (bicyclic) bond motifs is 3. The maximum Gasteiger partial charge on any atom is 0.243 e. The third kappa shape index (κ3) is 1.81. The molecule has 5 heteroatoms. The van der Waals surface area contributed by atoms with Gasteiger partial charge in [-0.1, -0.05) is 30.3 Å². The summed E-state index contributed by atoms with van der Waals surface area (Å²) in [5, 5.41) is 2.41. The highest BCUT2D eigenvalue weighted by molar-refractivity contribution is 6.12. The van der Waals surface area contributed by atoms with E-state index in [1.165, 1.54) is 10.8 Å². The van der Waals surface area contributed by atoms with Gasteiger partial charge in [-0.3, -0.25) is 0 Å². The van der Waals surface area contributed by atoms with Crippen molar-refractivity contribution >= 4 is 21.8 Å². The molecule has 0 unspecified atom stereocenters. The number of rotatable bonds is 2. The lowest BCUT2D eigenvalue weighted by Gasteiger charge is -2.04. The number of para-hydroxylation sites is 2. The molecule has 0 atom stereocenters. The van der Waals surface area contributed by atoms with Crippen molar-refractivity contribution in [1.82, 2.24) is 19.1 Å². The van der Waals surface area contributed by atoms with E-state index in [2.05, 4.69) is 52.7 Å². The van der Waals surface area contributed by atoms with E-state index in [4.69, 9.17) is 0 Å². The minimum absolute atomic E-state index is 1.08. The standard InChI is InChI=1S/C19H15N5/c1-22-10-11-24(13-22)17-7-3-5-15-14-4-2-6-16(18(14)21-19(15)17)23-9-8-20-12-23/h2-12,21H,1H3. The van der Waals surface area contributed by atoms with Gasteiger partial charge in [-0.05, 0) is 6.07 Å². The Hall–Kier alpha value is -3.34. The minimum Gasteiger partial charge on any atom is -0.357 e. The van der Waals surface area contributed by atoms with Crippen LogP contribution in [0.15, 0.2) is 67.5 Å². The number of aryl methyl sites for hydroxylation is 1. The van der Waals surface area contributed by atoms with Crippen LogP contribution in [0.5, 0.6) is 0 Å². The first-order chi connectivity index (χ1) is 11.8. The second-order valence-corrected chi connectivity index (χ2v) is 5.87. The number of aromatic nitrogens is 5. The van der Waals surface area contributed by atoms with E-state index < -0.39 is 0 Å². The number of hydrogen-bond acceptors (Lipinski definition) is 1. The smallest absolute Gasteiger partial charge is 0.243 e. The fourth-order valence-corrected chi connectivity index (χ4v) is 3.27. The third-order valence-corrected chi connectivity index (χ3v) is 4.37. The minimum atomic E-state index is 1.08. The monoisotopic (exact) mass is 313 g/mol. The molecule has 0 aliphatic rings. The zero-order chi connectivity index (χ0) is 16.1. The van der Waals surface area contributed by atoms with Crippen LogP contribution in [0.3, 0.4) is 0 Å². The second-order valence-electron chi connectivity index (χ2n) is 5.87. The van der Waals surface area contributed by atoms with Crippen molar-refractivity contribution in [2.75, 3.05) is 0 Å². The van der Waals surface area contributed by atoms with Crippen molar-refractivity contribution in [2.45, 2.75) is 0 Å². The lowest BCUT2D eigenvalue weighted by molar-refractivity contribution is -0.674. The van der Waals surface area contributed by atoms with Gasteiger partial charge in [-0.25, -0.2) is 4.98 Å². The fraction of sp³-hybridized carbons (Fsp3) is 0.0526. The number of benzene rings is 2. The summed E-state index contributed by atoms with van der Waals surface area (Å²) in [6, 6.07) is 12.7. The fourth-order valence-electron chi connectivity index (χ4n) is 3.27. The van der Waals surface area contributed by atoms with Crippen LogP contribution in [0, 0.1) is 6.33 Å². The van der Waals surface area contributed by atoms with E-state index in [1.54, 1.807) is 6.20 Å². The van der Waals surface area contributed by atoms with Crippen LogP contribution in [-0.2, 0) is 7.05 Å². The Morgan fingerprint density at radius 1 is 1.00 bits per heavy atom. The van der Waals surface area contributed by atoms with Crippen molar-refractivity contribution in [3.8, 4) is 11.4 Å². The first-order valence-electron chi connectivity index (χ1n) is 7.80. The molecule has 3 heterocycles. The van der Waals surface area contributed by atoms with Gasteiger partial charge in [0.1, 0.15) is 0 Å². The van der Waals surface area contributed by atoms with E-state index >= 15 is 0 Å². The highest BCUT2D eigenvalue weighted by atomic mass is 15.1. The lowest BCUT2D eigenvalue weighted by Crippen LogP contribution is -2.24. The Labute approximate surface area is 138 Å². The zero-order valence-corrected chi connectivity index (χ0v) is 13.1. The van der Waals surface area contributed by atoms with Crippen LogP contribution in [-0.4, -0.2) is 19.1 Å². The Morgan fingerprint density at radius 2 is 1.75 bits per heavy atom. The maximum atomic E-state index is 4.16. The van der Waals surface area contributed by atoms with E-state index in [0.29, 0.717) is 0 Å². The molecule has 5 nitrogen and oxygen atoms in total. The molecular weight excluding hydrogens is 298 g/mol. The highest BCUT2D eigenvalue weighted by Gasteiger charge is 2.12. The molecule has 0 aliphatic carbocycles. The van der Waals surface area contributed by atoms with Crippen LogP contribution < -0.4 is 4.57 Å². The summed E-state index contributed by atoms with van der Waals surface area (Å²) >= 11 is 0. The molecule has 5 rings (SSSR count). The molecule has 0 bridgehead atoms. The van der Waals surface area contributed by atoms with E-state index in [9.17, 15) is 0 Å². The second kappa shape index (κ2) is 4.83. The molecule has 0 radical (unpaired) electrons. The van der Waals surface area contributed by atoms with Crippen molar-refractivity contribution in [1.29, 1.82) is 0 Å². The largest absolute Gasteiger partial charge is 0.357 e. The average Bonchev–Trinajstić information content (AvgIpc) is 3.33. The van der Waals surface area contributed by atoms with Gasteiger partial charge in [0.15, 0.2) is 0 Å². The molecule has 0 spiro atoms. The van der Waals surface area contributed by atoms with Crippen molar-refractivity contribution < 1.29 is 4.57 Å². The number of hydrogen-bond donors (Lipinski definition) is 1.